The average molecular weight is 314 g/mol. The molecule has 1 amide bonds. The van der Waals surface area contributed by atoms with Crippen LogP contribution in [0.1, 0.15) is 52.1 Å². The molecule has 1 heterocycles. The Bertz CT molecular complexity index is 480. The zero-order valence-corrected chi connectivity index (χ0v) is 13.5. The van der Waals surface area contributed by atoms with Crippen LogP contribution in [0.2, 0.25) is 0 Å². The molecule has 118 valence electrons. The first-order chi connectivity index (χ1) is 9.76. The monoisotopic (exact) mass is 314 g/mol. The highest BCUT2D eigenvalue weighted by Gasteiger charge is 2.17. The van der Waals surface area contributed by atoms with Crippen molar-refractivity contribution in [1.29, 1.82) is 0 Å². The molecule has 0 atom stereocenters. The summed E-state index contributed by atoms with van der Waals surface area (Å²) in [6.45, 7) is 5.41. The van der Waals surface area contributed by atoms with Crippen molar-refractivity contribution < 1.29 is 19.4 Å². The average Bonchev–Trinajstić information content (AvgIpc) is 2.73. The zero-order valence-electron chi connectivity index (χ0n) is 12.6. The molecule has 1 rings (SSSR count). The summed E-state index contributed by atoms with van der Waals surface area (Å²) in [5.74, 6) is -0.757. The maximum Gasteiger partial charge on any atom is 0.413 e. The van der Waals surface area contributed by atoms with Gasteiger partial charge in [0.25, 0.3) is 0 Å². The molecule has 0 aliphatic rings. The topological polar surface area (TPSA) is 88.5 Å². The normalized spacial score (nSPS) is 11.2. The first kappa shape index (κ1) is 17.4. The number of aryl methyl sites for hydroxylation is 1. The molecule has 0 aliphatic carbocycles. The lowest BCUT2D eigenvalue weighted by atomic mass is 10.1. The Morgan fingerprint density at radius 2 is 2.05 bits per heavy atom. The fraction of sp³-hybridized carbons (Fsp3) is 0.643. The number of rotatable bonds is 7. The molecule has 0 aromatic carbocycles. The summed E-state index contributed by atoms with van der Waals surface area (Å²) in [5.41, 5.74) is 0.371. The number of carboxylic acid groups (broad SMARTS) is 1. The molecule has 0 saturated heterocycles. The van der Waals surface area contributed by atoms with E-state index in [-0.39, 0.29) is 6.42 Å². The van der Waals surface area contributed by atoms with E-state index in [2.05, 4.69) is 10.3 Å². The molecular formula is C14H22N2O4S. The minimum absolute atomic E-state index is 0.211. The molecular weight excluding hydrogens is 292 g/mol. The number of hydrogen-bond acceptors (Lipinski definition) is 5. The molecule has 21 heavy (non-hydrogen) atoms. The van der Waals surface area contributed by atoms with Crippen molar-refractivity contribution in [2.45, 2.75) is 58.5 Å². The van der Waals surface area contributed by atoms with Crippen molar-refractivity contribution in [3.63, 3.8) is 0 Å². The van der Waals surface area contributed by atoms with E-state index in [1.807, 2.05) is 5.38 Å². The van der Waals surface area contributed by atoms with Crippen LogP contribution in [-0.2, 0) is 16.0 Å². The number of carbonyl (C=O) groups excluding carboxylic acids is 1. The van der Waals surface area contributed by atoms with E-state index >= 15 is 0 Å². The third-order valence-corrected chi connectivity index (χ3v) is 3.29. The number of amides is 1. The second-order valence-corrected chi connectivity index (χ2v) is 6.58. The van der Waals surface area contributed by atoms with Crippen LogP contribution in [0, 0.1) is 0 Å². The maximum atomic E-state index is 11.6. The van der Waals surface area contributed by atoms with Crippen LogP contribution < -0.4 is 5.32 Å². The Kier molecular flexibility index (Phi) is 6.61. The van der Waals surface area contributed by atoms with Crippen molar-refractivity contribution in [2.75, 3.05) is 5.32 Å². The molecule has 6 nitrogen and oxygen atoms in total. The molecule has 0 aliphatic heterocycles. The smallest absolute Gasteiger partial charge is 0.413 e. The highest BCUT2D eigenvalue weighted by atomic mass is 32.1. The fourth-order valence-corrected chi connectivity index (χ4v) is 2.36. The van der Waals surface area contributed by atoms with Crippen molar-refractivity contribution in [2.24, 2.45) is 0 Å². The standard InChI is InChI=1S/C14H22N2O4S/c1-14(2,3)20-13(19)16-12-15-10(9-21-12)7-5-4-6-8-11(17)18/h9H,4-8H2,1-3H3,(H,17,18)(H,15,16,19). The Hall–Kier alpha value is -1.63. The van der Waals surface area contributed by atoms with E-state index in [0.717, 1.165) is 25.0 Å². The summed E-state index contributed by atoms with van der Waals surface area (Å²) < 4.78 is 5.15. The van der Waals surface area contributed by atoms with Crippen molar-refractivity contribution in [3.8, 4) is 0 Å². The Morgan fingerprint density at radius 3 is 2.67 bits per heavy atom. The lowest BCUT2D eigenvalue weighted by Gasteiger charge is -2.18. The Morgan fingerprint density at radius 1 is 1.33 bits per heavy atom. The van der Waals surface area contributed by atoms with Gasteiger partial charge in [-0.05, 0) is 40.0 Å². The quantitative estimate of drug-likeness (QED) is 0.749. The van der Waals surface area contributed by atoms with E-state index < -0.39 is 17.7 Å². The Labute approximate surface area is 128 Å². The summed E-state index contributed by atoms with van der Waals surface area (Å²) in [4.78, 5) is 26.3. The van der Waals surface area contributed by atoms with Crippen LogP contribution in [0.4, 0.5) is 9.93 Å². The number of thiazole rings is 1. The van der Waals surface area contributed by atoms with E-state index in [1.54, 1.807) is 20.8 Å². The molecule has 0 spiro atoms. The van der Waals surface area contributed by atoms with Gasteiger partial charge in [-0.2, -0.15) is 0 Å². The number of anilines is 1. The number of nitrogens with zero attached hydrogens (tertiary/aromatic N) is 1. The van der Waals surface area contributed by atoms with Crippen LogP contribution in [0.25, 0.3) is 0 Å². The molecule has 1 aromatic heterocycles. The summed E-state index contributed by atoms with van der Waals surface area (Å²) in [5, 5.41) is 13.5. The van der Waals surface area contributed by atoms with E-state index in [4.69, 9.17) is 9.84 Å². The van der Waals surface area contributed by atoms with Gasteiger partial charge in [0.2, 0.25) is 0 Å². The third-order valence-electron chi connectivity index (χ3n) is 2.48. The lowest BCUT2D eigenvalue weighted by molar-refractivity contribution is -0.137. The highest BCUT2D eigenvalue weighted by molar-refractivity contribution is 7.13. The predicted octanol–water partition coefficient (Wildman–Crippen LogP) is 3.68. The lowest BCUT2D eigenvalue weighted by Crippen LogP contribution is -2.27. The summed E-state index contributed by atoms with van der Waals surface area (Å²) in [6, 6.07) is 0. The number of aromatic nitrogens is 1. The van der Waals surface area contributed by atoms with Crippen LogP contribution in [0.5, 0.6) is 0 Å². The number of ether oxygens (including phenoxy) is 1. The van der Waals surface area contributed by atoms with Crippen molar-refractivity contribution in [1.82, 2.24) is 4.98 Å². The molecule has 1 aromatic rings. The molecule has 0 unspecified atom stereocenters. The van der Waals surface area contributed by atoms with Gasteiger partial charge in [0, 0.05) is 11.8 Å². The van der Waals surface area contributed by atoms with E-state index in [9.17, 15) is 9.59 Å². The van der Waals surface area contributed by atoms with Crippen LogP contribution in [-0.4, -0.2) is 27.8 Å². The van der Waals surface area contributed by atoms with Crippen LogP contribution in [0.3, 0.4) is 0 Å². The van der Waals surface area contributed by atoms with Gasteiger partial charge in [-0.1, -0.05) is 6.42 Å². The Balaban J connectivity index is 2.29. The summed E-state index contributed by atoms with van der Waals surface area (Å²) in [7, 11) is 0. The minimum atomic E-state index is -0.757. The van der Waals surface area contributed by atoms with Crippen molar-refractivity contribution >= 4 is 28.5 Å². The van der Waals surface area contributed by atoms with Crippen LogP contribution in [0.15, 0.2) is 5.38 Å². The van der Waals surface area contributed by atoms with Crippen molar-refractivity contribution in [3.05, 3.63) is 11.1 Å². The second-order valence-electron chi connectivity index (χ2n) is 5.73. The predicted molar refractivity (Wildman–Crippen MR) is 81.8 cm³/mol. The van der Waals surface area contributed by atoms with E-state index in [0.29, 0.717) is 11.6 Å². The number of carbonyl (C=O) groups is 2. The van der Waals surface area contributed by atoms with E-state index in [1.165, 1.54) is 11.3 Å². The molecule has 2 N–H and O–H groups in total. The molecule has 0 radical (unpaired) electrons. The first-order valence-electron chi connectivity index (χ1n) is 6.92. The molecule has 0 fully saturated rings. The van der Waals surface area contributed by atoms with Gasteiger partial charge in [-0.25, -0.2) is 9.78 Å². The van der Waals surface area contributed by atoms with Gasteiger partial charge in [-0.15, -0.1) is 11.3 Å². The highest BCUT2D eigenvalue weighted by Crippen LogP contribution is 2.18. The minimum Gasteiger partial charge on any atom is -0.481 e. The van der Waals surface area contributed by atoms with Gasteiger partial charge in [0.1, 0.15) is 5.60 Å². The number of hydrogen-bond donors (Lipinski definition) is 2. The number of unbranched alkanes of at least 4 members (excludes halogenated alkanes) is 2. The maximum absolute atomic E-state index is 11.6. The van der Waals surface area contributed by atoms with Crippen LogP contribution >= 0.6 is 11.3 Å². The van der Waals surface area contributed by atoms with Gasteiger partial charge in [-0.3, -0.25) is 10.1 Å². The SMILES string of the molecule is CC(C)(C)OC(=O)Nc1nc(CCCCCC(=O)O)cs1. The molecule has 0 bridgehead atoms. The second kappa shape index (κ2) is 7.97. The number of carboxylic acids is 1. The number of aliphatic carboxylic acids is 1. The summed E-state index contributed by atoms with van der Waals surface area (Å²) >= 11 is 1.36. The third kappa shape index (κ3) is 8.29. The first-order valence-corrected chi connectivity index (χ1v) is 7.80. The molecule has 7 heteroatoms. The summed E-state index contributed by atoms with van der Waals surface area (Å²) in [6.07, 6.45) is 2.92. The zero-order chi connectivity index (χ0) is 15.9. The van der Waals surface area contributed by atoms with Gasteiger partial charge in [0.15, 0.2) is 5.13 Å². The van der Waals surface area contributed by atoms with Gasteiger partial charge < -0.3 is 9.84 Å². The largest absolute Gasteiger partial charge is 0.481 e. The molecule has 0 saturated carbocycles. The van der Waals surface area contributed by atoms with Gasteiger partial charge in [0.05, 0.1) is 5.69 Å². The number of nitrogens with one attached hydrogen (secondary N) is 1. The van der Waals surface area contributed by atoms with Gasteiger partial charge >= 0.3 is 12.1 Å². The fourth-order valence-electron chi connectivity index (χ4n) is 1.63.